The molecule has 5 heteroatoms. The third-order valence-electron chi connectivity index (χ3n) is 4.22. The molecule has 0 bridgehead atoms. The van der Waals surface area contributed by atoms with E-state index in [1.54, 1.807) is 14.2 Å². The molecular weight excluding hydrogens is 328 g/mol. The Balaban J connectivity index is 2.48. The van der Waals surface area contributed by atoms with Gasteiger partial charge in [-0.25, -0.2) is 0 Å². The van der Waals surface area contributed by atoms with Crippen molar-refractivity contribution in [2.45, 2.75) is 6.42 Å². The Morgan fingerprint density at radius 2 is 1.81 bits per heavy atom. The van der Waals surface area contributed by atoms with Crippen LogP contribution in [-0.2, 0) is 6.42 Å². The summed E-state index contributed by atoms with van der Waals surface area (Å²) in [5.74, 6) is 1.26. The Kier molecular flexibility index (Phi) is 7.24. The first kappa shape index (κ1) is 19.5. The molecule has 2 rings (SSSR count). The van der Waals surface area contributed by atoms with Crippen LogP contribution in [0.4, 0.5) is 0 Å². The summed E-state index contributed by atoms with van der Waals surface area (Å²) in [6, 6.07) is 13.4. The second-order valence-corrected chi connectivity index (χ2v) is 5.98. The van der Waals surface area contributed by atoms with Crippen molar-refractivity contribution >= 4 is 5.71 Å². The van der Waals surface area contributed by atoms with Crippen molar-refractivity contribution in [3.05, 3.63) is 71.8 Å². The fraction of sp³-hybridized carbons (Fsp3) is 0.286. The highest BCUT2D eigenvalue weighted by Crippen LogP contribution is 2.32. The molecule has 0 saturated carbocycles. The molecule has 0 aliphatic heterocycles. The van der Waals surface area contributed by atoms with Gasteiger partial charge in [-0.15, -0.1) is 6.58 Å². The van der Waals surface area contributed by atoms with Gasteiger partial charge in [-0.3, -0.25) is 0 Å². The molecule has 26 heavy (non-hydrogen) atoms. The van der Waals surface area contributed by atoms with Gasteiger partial charge in [0.1, 0.15) is 5.71 Å². The summed E-state index contributed by atoms with van der Waals surface area (Å²) in [6.07, 6.45) is 2.64. The predicted molar refractivity (Wildman–Crippen MR) is 105 cm³/mol. The van der Waals surface area contributed by atoms with Crippen molar-refractivity contribution in [3.8, 4) is 11.5 Å². The van der Waals surface area contributed by atoms with Crippen molar-refractivity contribution in [1.82, 2.24) is 4.90 Å². The molecule has 0 aliphatic rings. The van der Waals surface area contributed by atoms with Gasteiger partial charge in [0.15, 0.2) is 11.5 Å². The number of rotatable bonds is 9. The van der Waals surface area contributed by atoms with Crippen LogP contribution in [0.25, 0.3) is 0 Å². The third kappa shape index (κ3) is 4.64. The molecule has 138 valence electrons. The van der Waals surface area contributed by atoms with Crippen molar-refractivity contribution in [2.24, 2.45) is 5.16 Å². The van der Waals surface area contributed by atoms with E-state index in [0.29, 0.717) is 17.2 Å². The first-order chi connectivity index (χ1) is 12.6. The summed E-state index contributed by atoms with van der Waals surface area (Å²) < 4.78 is 10.9. The number of hydrogen-bond donors (Lipinski definition) is 1. The van der Waals surface area contributed by atoms with E-state index >= 15 is 0 Å². The van der Waals surface area contributed by atoms with Crippen LogP contribution in [0.2, 0.25) is 0 Å². The van der Waals surface area contributed by atoms with Crippen molar-refractivity contribution < 1.29 is 14.7 Å². The molecule has 5 nitrogen and oxygen atoms in total. The molecule has 0 aromatic heterocycles. The minimum absolute atomic E-state index is 0.507. The van der Waals surface area contributed by atoms with E-state index < -0.39 is 0 Å². The molecule has 0 atom stereocenters. The van der Waals surface area contributed by atoms with E-state index in [4.69, 9.17) is 9.47 Å². The third-order valence-corrected chi connectivity index (χ3v) is 4.22. The number of hydrogen-bond acceptors (Lipinski definition) is 5. The molecule has 0 radical (unpaired) electrons. The predicted octanol–water partition coefficient (Wildman–Crippen LogP) is 3.59. The Labute approximate surface area is 155 Å². The Morgan fingerprint density at radius 3 is 2.38 bits per heavy atom. The van der Waals surface area contributed by atoms with Crippen LogP contribution < -0.4 is 9.47 Å². The zero-order valence-electron chi connectivity index (χ0n) is 15.6. The van der Waals surface area contributed by atoms with Crippen LogP contribution in [0, 0.1) is 0 Å². The summed E-state index contributed by atoms with van der Waals surface area (Å²) in [6.45, 7) is 5.42. The molecule has 2 aromatic carbocycles. The molecule has 0 heterocycles. The zero-order valence-corrected chi connectivity index (χ0v) is 15.6. The fourth-order valence-electron chi connectivity index (χ4n) is 2.83. The quantitative estimate of drug-likeness (QED) is 0.324. The minimum atomic E-state index is 0.507. The van der Waals surface area contributed by atoms with E-state index in [9.17, 15) is 5.21 Å². The van der Waals surface area contributed by atoms with Crippen LogP contribution in [0.3, 0.4) is 0 Å². The van der Waals surface area contributed by atoms with E-state index in [-0.39, 0.29) is 0 Å². The molecule has 2 aromatic rings. The zero-order chi connectivity index (χ0) is 18.9. The molecule has 0 aliphatic carbocycles. The highest BCUT2D eigenvalue weighted by Gasteiger charge is 2.17. The Hall–Kier alpha value is -2.79. The largest absolute Gasteiger partial charge is 0.493 e. The summed E-state index contributed by atoms with van der Waals surface area (Å²) in [5, 5.41) is 13.3. The molecule has 0 saturated heterocycles. The summed E-state index contributed by atoms with van der Waals surface area (Å²) >= 11 is 0. The first-order valence-electron chi connectivity index (χ1n) is 8.46. The molecular formula is C21H26N2O3. The standard InChI is InChI=1S/C21H26N2O3/c1-5-12-23(2)13-11-17-14-19(25-3)20(26-4)15-18(17)21(22-24)16-9-7-6-8-10-16/h5-10,14-15,24H,1,11-13H2,2-4H3/b22-21-. The number of likely N-dealkylation sites (N-methyl/N-ethyl adjacent to an activating group) is 1. The van der Waals surface area contributed by atoms with E-state index in [2.05, 4.69) is 16.6 Å². The van der Waals surface area contributed by atoms with E-state index in [1.807, 2.05) is 55.6 Å². The monoisotopic (exact) mass is 354 g/mol. The Morgan fingerprint density at radius 1 is 1.15 bits per heavy atom. The highest BCUT2D eigenvalue weighted by atomic mass is 16.5. The number of ether oxygens (including phenoxy) is 2. The molecule has 0 spiro atoms. The highest BCUT2D eigenvalue weighted by molar-refractivity contribution is 6.13. The number of nitrogens with zero attached hydrogens (tertiary/aromatic N) is 2. The van der Waals surface area contributed by atoms with Gasteiger partial charge in [-0.2, -0.15) is 0 Å². The van der Waals surface area contributed by atoms with E-state index in [1.165, 1.54) is 0 Å². The second-order valence-electron chi connectivity index (χ2n) is 5.98. The van der Waals surface area contributed by atoms with Gasteiger partial charge in [-0.05, 0) is 31.2 Å². The minimum Gasteiger partial charge on any atom is -0.493 e. The maximum atomic E-state index is 9.70. The number of methoxy groups -OCH3 is 2. The second kappa shape index (κ2) is 9.63. The van der Waals surface area contributed by atoms with Gasteiger partial charge in [-0.1, -0.05) is 41.6 Å². The SMILES string of the molecule is C=CCN(C)CCc1cc(OC)c(OC)cc1/C(=N\O)c1ccccc1. The van der Waals surface area contributed by atoms with Crippen LogP contribution in [0.1, 0.15) is 16.7 Å². The lowest BCUT2D eigenvalue weighted by Crippen LogP contribution is -2.22. The number of oxime groups is 1. The van der Waals surface area contributed by atoms with Crippen LogP contribution >= 0.6 is 0 Å². The van der Waals surface area contributed by atoms with Crippen LogP contribution in [0.15, 0.2) is 60.3 Å². The van der Waals surface area contributed by atoms with Gasteiger partial charge in [0.2, 0.25) is 0 Å². The van der Waals surface area contributed by atoms with Gasteiger partial charge in [0.05, 0.1) is 14.2 Å². The molecule has 0 amide bonds. The summed E-state index contributed by atoms with van der Waals surface area (Å²) in [4.78, 5) is 2.17. The maximum absolute atomic E-state index is 9.70. The summed E-state index contributed by atoms with van der Waals surface area (Å²) in [5.41, 5.74) is 3.19. The van der Waals surface area contributed by atoms with Gasteiger partial charge in [0, 0.05) is 24.2 Å². The topological polar surface area (TPSA) is 54.3 Å². The van der Waals surface area contributed by atoms with Crippen molar-refractivity contribution in [2.75, 3.05) is 34.4 Å². The van der Waals surface area contributed by atoms with Crippen LogP contribution in [-0.4, -0.2) is 50.2 Å². The molecule has 0 unspecified atom stereocenters. The molecule has 1 N–H and O–H groups in total. The van der Waals surface area contributed by atoms with Crippen LogP contribution in [0.5, 0.6) is 11.5 Å². The lowest BCUT2D eigenvalue weighted by atomic mass is 9.95. The number of benzene rings is 2. The normalized spacial score (nSPS) is 11.5. The van der Waals surface area contributed by atoms with Gasteiger partial charge < -0.3 is 19.6 Å². The molecule has 0 fully saturated rings. The lowest BCUT2D eigenvalue weighted by Gasteiger charge is -2.19. The smallest absolute Gasteiger partial charge is 0.161 e. The average Bonchev–Trinajstić information content (AvgIpc) is 2.68. The maximum Gasteiger partial charge on any atom is 0.161 e. The van der Waals surface area contributed by atoms with E-state index in [0.717, 1.165) is 36.2 Å². The average molecular weight is 354 g/mol. The fourth-order valence-corrected chi connectivity index (χ4v) is 2.83. The lowest BCUT2D eigenvalue weighted by molar-refractivity contribution is 0.319. The van der Waals surface area contributed by atoms with Gasteiger partial charge >= 0.3 is 0 Å². The van der Waals surface area contributed by atoms with Gasteiger partial charge in [0.25, 0.3) is 0 Å². The van der Waals surface area contributed by atoms with Crippen molar-refractivity contribution in [1.29, 1.82) is 0 Å². The Bertz CT molecular complexity index is 757. The van der Waals surface area contributed by atoms with Crippen molar-refractivity contribution in [3.63, 3.8) is 0 Å². The summed E-state index contributed by atoms with van der Waals surface area (Å²) in [7, 11) is 5.25. The first-order valence-corrected chi connectivity index (χ1v) is 8.46.